The molecule has 0 saturated carbocycles. The Morgan fingerprint density at radius 3 is 2.37 bits per heavy atom. The second-order valence-electron chi connectivity index (χ2n) is 5.21. The van der Waals surface area contributed by atoms with Crippen LogP contribution < -0.4 is 5.32 Å². The standard InChI is InChI=1S/C14H22N2O3/c1-5-6-12(14(18)19)15-13(17)11(4)16-9(2)7-8-10(16)3/h1,9-12H,6-8H2,2-4H3,(H,15,17)(H,18,19). The number of nitrogens with zero attached hydrogens (tertiary/aromatic N) is 1. The molecule has 5 nitrogen and oxygen atoms in total. The van der Waals surface area contributed by atoms with Crippen molar-refractivity contribution in [1.29, 1.82) is 0 Å². The number of nitrogens with one attached hydrogen (secondary N) is 1. The van der Waals surface area contributed by atoms with Crippen LogP contribution in [0.2, 0.25) is 0 Å². The van der Waals surface area contributed by atoms with Crippen LogP contribution in [0.1, 0.15) is 40.0 Å². The first kappa shape index (κ1) is 15.5. The van der Waals surface area contributed by atoms with Crippen molar-refractivity contribution in [2.24, 2.45) is 0 Å². The smallest absolute Gasteiger partial charge is 0.327 e. The topological polar surface area (TPSA) is 69.6 Å². The second-order valence-corrected chi connectivity index (χ2v) is 5.21. The summed E-state index contributed by atoms with van der Waals surface area (Å²) < 4.78 is 0. The molecule has 5 heteroatoms. The molecule has 0 aromatic carbocycles. The van der Waals surface area contributed by atoms with Gasteiger partial charge in [0.15, 0.2) is 0 Å². The quantitative estimate of drug-likeness (QED) is 0.724. The van der Waals surface area contributed by atoms with Crippen LogP contribution in [0.5, 0.6) is 0 Å². The van der Waals surface area contributed by atoms with Crippen molar-refractivity contribution in [1.82, 2.24) is 10.2 Å². The molecule has 1 amide bonds. The fraction of sp³-hybridized carbons (Fsp3) is 0.714. The van der Waals surface area contributed by atoms with Gasteiger partial charge >= 0.3 is 5.97 Å². The molecule has 0 aromatic heterocycles. The predicted octanol–water partition coefficient (Wildman–Crippen LogP) is 0.840. The van der Waals surface area contributed by atoms with Crippen molar-refractivity contribution in [3.05, 3.63) is 0 Å². The van der Waals surface area contributed by atoms with E-state index in [1.807, 2.05) is 6.92 Å². The summed E-state index contributed by atoms with van der Waals surface area (Å²) in [5, 5.41) is 11.5. The number of likely N-dealkylation sites (tertiary alicyclic amines) is 1. The summed E-state index contributed by atoms with van der Waals surface area (Å²) >= 11 is 0. The number of carboxylic acids is 1. The number of aliphatic carboxylic acids is 1. The van der Waals surface area contributed by atoms with Gasteiger partial charge in [0, 0.05) is 18.5 Å². The molecule has 0 aliphatic carbocycles. The first-order chi connectivity index (χ1) is 8.88. The third kappa shape index (κ3) is 3.71. The summed E-state index contributed by atoms with van der Waals surface area (Å²) in [6.45, 7) is 5.98. The zero-order valence-electron chi connectivity index (χ0n) is 11.7. The van der Waals surface area contributed by atoms with Gasteiger partial charge in [0.25, 0.3) is 0 Å². The van der Waals surface area contributed by atoms with Gasteiger partial charge in [-0.25, -0.2) is 4.79 Å². The number of amides is 1. The van der Waals surface area contributed by atoms with Crippen LogP contribution in [0.4, 0.5) is 0 Å². The maximum absolute atomic E-state index is 12.1. The highest BCUT2D eigenvalue weighted by atomic mass is 16.4. The molecule has 1 saturated heterocycles. The summed E-state index contributed by atoms with van der Waals surface area (Å²) in [4.78, 5) is 25.2. The van der Waals surface area contributed by atoms with Crippen molar-refractivity contribution in [3.8, 4) is 12.3 Å². The average Bonchev–Trinajstić information content (AvgIpc) is 2.67. The summed E-state index contributed by atoms with van der Waals surface area (Å²) in [6.07, 6.45) is 7.23. The van der Waals surface area contributed by atoms with Crippen molar-refractivity contribution in [2.75, 3.05) is 0 Å². The number of carbonyl (C=O) groups is 2. The molecule has 1 rings (SSSR count). The Balaban J connectivity index is 2.66. The van der Waals surface area contributed by atoms with Gasteiger partial charge in [0.1, 0.15) is 6.04 Å². The minimum absolute atomic E-state index is 0.00109. The van der Waals surface area contributed by atoms with Crippen molar-refractivity contribution >= 4 is 11.9 Å². The third-order valence-electron chi connectivity index (χ3n) is 3.78. The van der Waals surface area contributed by atoms with E-state index in [1.165, 1.54) is 0 Å². The molecule has 0 spiro atoms. The van der Waals surface area contributed by atoms with E-state index in [1.54, 1.807) is 0 Å². The molecule has 19 heavy (non-hydrogen) atoms. The largest absolute Gasteiger partial charge is 0.480 e. The van der Waals surface area contributed by atoms with Crippen LogP contribution in [0.25, 0.3) is 0 Å². The number of rotatable bonds is 5. The zero-order valence-corrected chi connectivity index (χ0v) is 11.7. The number of carboxylic acid groups (broad SMARTS) is 1. The lowest BCUT2D eigenvalue weighted by Gasteiger charge is -2.32. The van der Waals surface area contributed by atoms with Gasteiger partial charge in [-0.2, -0.15) is 0 Å². The Kier molecular flexibility index (Phi) is 5.37. The van der Waals surface area contributed by atoms with Crippen LogP contribution >= 0.6 is 0 Å². The summed E-state index contributed by atoms with van der Waals surface area (Å²) in [5.74, 6) is 0.900. The van der Waals surface area contributed by atoms with E-state index < -0.39 is 12.0 Å². The Morgan fingerprint density at radius 1 is 1.42 bits per heavy atom. The van der Waals surface area contributed by atoms with Crippen LogP contribution in [0.15, 0.2) is 0 Å². The SMILES string of the molecule is C#CCC(NC(=O)C(C)N1C(C)CCC1C)C(=O)O. The first-order valence-electron chi connectivity index (χ1n) is 6.62. The monoisotopic (exact) mass is 266 g/mol. The second kappa shape index (κ2) is 6.58. The van der Waals surface area contributed by atoms with Crippen LogP contribution in [0.3, 0.4) is 0 Å². The van der Waals surface area contributed by atoms with E-state index in [0.29, 0.717) is 12.1 Å². The van der Waals surface area contributed by atoms with E-state index in [-0.39, 0.29) is 18.4 Å². The lowest BCUT2D eigenvalue weighted by molar-refractivity contribution is -0.142. The fourth-order valence-electron chi connectivity index (χ4n) is 2.72. The van der Waals surface area contributed by atoms with E-state index in [4.69, 9.17) is 11.5 Å². The summed E-state index contributed by atoms with van der Waals surface area (Å²) in [5.41, 5.74) is 0. The molecule has 4 atom stereocenters. The molecule has 4 unspecified atom stereocenters. The van der Waals surface area contributed by atoms with Crippen molar-refractivity contribution in [2.45, 2.75) is 64.2 Å². The van der Waals surface area contributed by atoms with Crippen LogP contribution in [-0.4, -0.2) is 46.1 Å². The Labute approximate surface area is 114 Å². The Morgan fingerprint density at radius 2 is 1.95 bits per heavy atom. The minimum Gasteiger partial charge on any atom is -0.480 e. The van der Waals surface area contributed by atoms with Crippen LogP contribution in [-0.2, 0) is 9.59 Å². The molecule has 1 heterocycles. The van der Waals surface area contributed by atoms with Gasteiger partial charge in [-0.1, -0.05) is 0 Å². The molecule has 1 aliphatic rings. The van der Waals surface area contributed by atoms with Crippen molar-refractivity contribution < 1.29 is 14.7 Å². The Bertz CT molecular complexity index is 379. The van der Waals surface area contributed by atoms with Gasteiger partial charge < -0.3 is 10.4 Å². The zero-order chi connectivity index (χ0) is 14.6. The molecule has 0 bridgehead atoms. The normalized spacial score (nSPS) is 26.4. The van der Waals surface area contributed by atoms with Gasteiger partial charge in [-0.15, -0.1) is 12.3 Å². The van der Waals surface area contributed by atoms with E-state index in [2.05, 4.69) is 30.0 Å². The average molecular weight is 266 g/mol. The van der Waals surface area contributed by atoms with Gasteiger partial charge in [0.2, 0.25) is 5.91 Å². The maximum Gasteiger partial charge on any atom is 0.327 e. The number of terminal acetylenes is 1. The lowest BCUT2D eigenvalue weighted by atomic mass is 10.1. The maximum atomic E-state index is 12.1. The highest BCUT2D eigenvalue weighted by Crippen LogP contribution is 2.25. The molecular formula is C14H22N2O3. The molecule has 0 aromatic rings. The van der Waals surface area contributed by atoms with Crippen molar-refractivity contribution in [3.63, 3.8) is 0 Å². The van der Waals surface area contributed by atoms with Gasteiger partial charge in [-0.05, 0) is 33.6 Å². The van der Waals surface area contributed by atoms with Crippen LogP contribution in [0, 0.1) is 12.3 Å². The van der Waals surface area contributed by atoms with Gasteiger partial charge in [0.05, 0.1) is 6.04 Å². The fourth-order valence-corrected chi connectivity index (χ4v) is 2.72. The third-order valence-corrected chi connectivity index (χ3v) is 3.78. The highest BCUT2D eigenvalue weighted by Gasteiger charge is 2.35. The number of hydrogen-bond acceptors (Lipinski definition) is 3. The minimum atomic E-state index is -1.10. The van der Waals surface area contributed by atoms with E-state index in [9.17, 15) is 9.59 Å². The number of hydrogen-bond donors (Lipinski definition) is 2. The van der Waals surface area contributed by atoms with Gasteiger partial charge in [-0.3, -0.25) is 9.69 Å². The molecule has 2 N–H and O–H groups in total. The Hall–Kier alpha value is -1.54. The molecule has 106 valence electrons. The number of carbonyl (C=O) groups excluding carboxylic acids is 1. The molecule has 1 fully saturated rings. The molecular weight excluding hydrogens is 244 g/mol. The van der Waals surface area contributed by atoms with E-state index >= 15 is 0 Å². The highest BCUT2D eigenvalue weighted by molar-refractivity contribution is 5.86. The molecule has 1 aliphatic heterocycles. The predicted molar refractivity (Wildman–Crippen MR) is 72.5 cm³/mol. The lowest BCUT2D eigenvalue weighted by Crippen LogP contribution is -2.52. The van der Waals surface area contributed by atoms with E-state index in [0.717, 1.165) is 12.8 Å². The summed E-state index contributed by atoms with van der Waals surface area (Å²) in [6, 6.07) is -0.668. The molecule has 0 radical (unpaired) electrons. The first-order valence-corrected chi connectivity index (χ1v) is 6.62. The summed E-state index contributed by atoms with van der Waals surface area (Å²) in [7, 11) is 0.